The van der Waals surface area contributed by atoms with Crippen molar-refractivity contribution >= 4 is 22.9 Å². The molecule has 4 heterocycles. The van der Waals surface area contributed by atoms with Gasteiger partial charge >= 0.3 is 0 Å². The van der Waals surface area contributed by atoms with Gasteiger partial charge in [-0.05, 0) is 18.6 Å². The number of carbonyl (C=O) groups excluding carboxylic acids is 1. The van der Waals surface area contributed by atoms with Crippen molar-refractivity contribution in [1.82, 2.24) is 24.5 Å². The smallest absolute Gasteiger partial charge is 0.280 e. The third kappa shape index (κ3) is 4.08. The lowest BCUT2D eigenvalue weighted by molar-refractivity contribution is -0.0432. The first-order chi connectivity index (χ1) is 14.6. The number of pyridine rings is 1. The van der Waals surface area contributed by atoms with Crippen LogP contribution in [0.2, 0.25) is 0 Å². The van der Waals surface area contributed by atoms with E-state index in [0.717, 1.165) is 0 Å². The number of fused-ring (bicyclic) bond motifs is 1. The molecule has 1 fully saturated rings. The summed E-state index contributed by atoms with van der Waals surface area (Å²) in [6.45, 7) is 0.128. The molecule has 0 aromatic carbocycles. The number of aromatic nitrogens is 5. The van der Waals surface area contributed by atoms with Crippen LogP contribution in [0.15, 0.2) is 35.6 Å². The van der Waals surface area contributed by atoms with Crippen LogP contribution in [0.4, 0.5) is 5.95 Å². The second kappa shape index (κ2) is 8.69. The summed E-state index contributed by atoms with van der Waals surface area (Å²) in [5.41, 5.74) is 0.612. The Morgan fingerprint density at radius 1 is 1.43 bits per heavy atom. The number of carbonyl (C=O) groups is 1. The number of rotatable bonds is 8. The fourth-order valence-corrected chi connectivity index (χ4v) is 3.40. The first-order valence-corrected chi connectivity index (χ1v) is 9.65. The van der Waals surface area contributed by atoms with Gasteiger partial charge in [-0.25, -0.2) is 4.98 Å². The highest BCUT2D eigenvalue weighted by molar-refractivity contribution is 5.95. The van der Waals surface area contributed by atoms with Crippen LogP contribution in [-0.2, 0) is 4.74 Å². The van der Waals surface area contributed by atoms with Gasteiger partial charge in [0, 0.05) is 37.3 Å². The molecule has 3 atom stereocenters. The van der Waals surface area contributed by atoms with Gasteiger partial charge in [-0.1, -0.05) is 0 Å². The van der Waals surface area contributed by atoms with Gasteiger partial charge in [-0.3, -0.25) is 24.1 Å². The van der Waals surface area contributed by atoms with E-state index in [1.165, 1.54) is 12.5 Å². The summed E-state index contributed by atoms with van der Waals surface area (Å²) in [7, 11) is 0. The lowest BCUT2D eigenvalue weighted by Crippen LogP contribution is -2.24. The standard InChI is InChI=1S/C19H22N6O5/c26-9-14-13(28)7-15(30-14)25-10-22-16-17(25)23-19(24-18(16)29)21-6-2-4-12(27)11-3-1-5-20-8-11/h1,3,5,8,10,13-15,26,28H,2,4,6-7,9H2,(H2,21,23,24,29). The van der Waals surface area contributed by atoms with Crippen LogP contribution in [0.3, 0.4) is 0 Å². The molecule has 3 unspecified atom stereocenters. The summed E-state index contributed by atoms with van der Waals surface area (Å²) in [6, 6.07) is 3.44. The number of nitrogens with zero attached hydrogens (tertiary/aromatic N) is 4. The van der Waals surface area contributed by atoms with Gasteiger partial charge in [-0.15, -0.1) is 0 Å². The van der Waals surface area contributed by atoms with Gasteiger partial charge in [0.15, 0.2) is 16.9 Å². The van der Waals surface area contributed by atoms with Crippen molar-refractivity contribution in [3.8, 4) is 0 Å². The summed E-state index contributed by atoms with van der Waals surface area (Å²) >= 11 is 0. The van der Waals surface area contributed by atoms with Crippen LogP contribution in [0, 0.1) is 0 Å². The quantitative estimate of drug-likeness (QED) is 0.299. The Kier molecular flexibility index (Phi) is 5.84. The number of aliphatic hydroxyl groups is 2. The molecule has 0 bridgehead atoms. The molecule has 0 spiro atoms. The monoisotopic (exact) mass is 414 g/mol. The third-order valence-corrected chi connectivity index (χ3v) is 4.98. The molecule has 3 aromatic rings. The minimum absolute atomic E-state index is 0.00439. The lowest BCUT2D eigenvalue weighted by Gasteiger charge is -2.14. The Bertz CT molecular complexity index is 1080. The molecular formula is C19H22N6O5. The van der Waals surface area contributed by atoms with Gasteiger partial charge in [0.1, 0.15) is 12.3 Å². The van der Waals surface area contributed by atoms with Gasteiger partial charge in [0.2, 0.25) is 5.95 Å². The van der Waals surface area contributed by atoms with Gasteiger partial charge in [-0.2, -0.15) is 4.98 Å². The van der Waals surface area contributed by atoms with Crippen molar-refractivity contribution in [2.75, 3.05) is 18.5 Å². The third-order valence-electron chi connectivity index (χ3n) is 4.98. The first-order valence-electron chi connectivity index (χ1n) is 9.65. The summed E-state index contributed by atoms with van der Waals surface area (Å²) in [5, 5.41) is 22.2. The number of imidazole rings is 1. The zero-order valence-electron chi connectivity index (χ0n) is 16.1. The Balaban J connectivity index is 1.42. The van der Waals surface area contributed by atoms with Crippen molar-refractivity contribution in [3.05, 3.63) is 46.8 Å². The SMILES string of the molecule is O=C(CCCNc1nc2c(ncn2C2CC(O)C(CO)O2)c(=O)[nH]1)c1cccnc1. The molecule has 0 amide bonds. The summed E-state index contributed by atoms with van der Waals surface area (Å²) in [5.74, 6) is 0.246. The van der Waals surface area contributed by atoms with E-state index in [-0.39, 0.29) is 30.3 Å². The molecule has 158 valence electrons. The molecule has 1 saturated heterocycles. The van der Waals surface area contributed by atoms with Gasteiger partial charge < -0.3 is 20.3 Å². The zero-order chi connectivity index (χ0) is 21.1. The fraction of sp³-hybridized carbons (Fsp3) is 0.421. The maximum absolute atomic E-state index is 12.3. The predicted octanol–water partition coefficient (Wildman–Crippen LogP) is 0.230. The van der Waals surface area contributed by atoms with Crippen molar-refractivity contribution in [2.45, 2.75) is 37.7 Å². The van der Waals surface area contributed by atoms with E-state index >= 15 is 0 Å². The average Bonchev–Trinajstić information content (AvgIpc) is 3.35. The van der Waals surface area contributed by atoms with E-state index < -0.39 is 24.0 Å². The van der Waals surface area contributed by atoms with Crippen molar-refractivity contribution in [2.24, 2.45) is 0 Å². The van der Waals surface area contributed by atoms with Crippen LogP contribution in [0.1, 0.15) is 35.8 Å². The van der Waals surface area contributed by atoms with E-state index in [1.54, 1.807) is 22.9 Å². The molecule has 11 heteroatoms. The van der Waals surface area contributed by atoms with E-state index in [0.29, 0.717) is 30.6 Å². The molecule has 1 aliphatic heterocycles. The zero-order valence-corrected chi connectivity index (χ0v) is 16.1. The van der Waals surface area contributed by atoms with E-state index in [9.17, 15) is 19.8 Å². The molecule has 3 aromatic heterocycles. The number of aliphatic hydroxyl groups excluding tert-OH is 2. The second-order valence-electron chi connectivity index (χ2n) is 7.05. The highest BCUT2D eigenvalue weighted by Crippen LogP contribution is 2.30. The summed E-state index contributed by atoms with van der Waals surface area (Å²) < 4.78 is 7.20. The fourth-order valence-electron chi connectivity index (χ4n) is 3.40. The molecule has 30 heavy (non-hydrogen) atoms. The summed E-state index contributed by atoms with van der Waals surface area (Å²) in [4.78, 5) is 39.5. The lowest BCUT2D eigenvalue weighted by atomic mass is 10.1. The first kappa shape index (κ1) is 20.1. The number of anilines is 1. The Hall–Kier alpha value is -3.15. The molecule has 11 nitrogen and oxygen atoms in total. The number of ether oxygens (including phenoxy) is 1. The van der Waals surface area contributed by atoms with Crippen molar-refractivity contribution < 1.29 is 19.7 Å². The molecule has 0 saturated carbocycles. The predicted molar refractivity (Wildman–Crippen MR) is 106 cm³/mol. The molecule has 4 rings (SSSR count). The maximum Gasteiger partial charge on any atom is 0.280 e. The molecule has 0 aliphatic carbocycles. The molecule has 1 aliphatic rings. The number of ketones is 1. The van der Waals surface area contributed by atoms with Crippen LogP contribution in [0.5, 0.6) is 0 Å². The Morgan fingerprint density at radius 2 is 2.30 bits per heavy atom. The summed E-state index contributed by atoms with van der Waals surface area (Å²) in [6.07, 6.45) is 3.63. The van der Waals surface area contributed by atoms with Crippen molar-refractivity contribution in [1.29, 1.82) is 0 Å². The number of aromatic amines is 1. The highest BCUT2D eigenvalue weighted by atomic mass is 16.5. The normalized spacial score (nSPS) is 21.2. The maximum atomic E-state index is 12.3. The molecule has 4 N–H and O–H groups in total. The van der Waals surface area contributed by atoms with E-state index in [1.807, 2.05) is 0 Å². The van der Waals surface area contributed by atoms with E-state index in [2.05, 4.69) is 25.3 Å². The minimum atomic E-state index is -0.811. The topological polar surface area (TPSA) is 155 Å². The van der Waals surface area contributed by atoms with Crippen LogP contribution >= 0.6 is 0 Å². The van der Waals surface area contributed by atoms with Crippen LogP contribution < -0.4 is 10.9 Å². The Labute approximate surface area is 170 Å². The van der Waals surface area contributed by atoms with Crippen molar-refractivity contribution in [3.63, 3.8) is 0 Å². The van der Waals surface area contributed by atoms with Crippen LogP contribution in [-0.4, -0.2) is 65.9 Å². The highest BCUT2D eigenvalue weighted by Gasteiger charge is 2.35. The number of Topliss-reactive ketones (excluding diaryl/α,β-unsaturated/α-hetero) is 1. The van der Waals surface area contributed by atoms with E-state index in [4.69, 9.17) is 4.74 Å². The number of hydrogen-bond donors (Lipinski definition) is 4. The average molecular weight is 414 g/mol. The Morgan fingerprint density at radius 3 is 3.03 bits per heavy atom. The number of hydrogen-bond acceptors (Lipinski definition) is 9. The molecule has 0 radical (unpaired) electrons. The minimum Gasteiger partial charge on any atom is -0.394 e. The van der Waals surface area contributed by atoms with Gasteiger partial charge in [0.05, 0.1) is 19.0 Å². The largest absolute Gasteiger partial charge is 0.394 e. The second-order valence-corrected chi connectivity index (χ2v) is 7.05. The van der Waals surface area contributed by atoms with Gasteiger partial charge in [0.25, 0.3) is 5.56 Å². The van der Waals surface area contributed by atoms with Crippen LogP contribution in [0.25, 0.3) is 11.2 Å². The molecular weight excluding hydrogens is 392 g/mol. The number of H-pyrrole nitrogens is 1. The number of nitrogens with one attached hydrogen (secondary N) is 2.